The number of amides is 1. The lowest BCUT2D eigenvalue weighted by Gasteiger charge is -2.19. The van der Waals surface area contributed by atoms with E-state index >= 15 is 0 Å². The van der Waals surface area contributed by atoms with Crippen LogP contribution in [0.5, 0.6) is 0 Å². The number of hydrogen-bond donors (Lipinski definition) is 2. The minimum absolute atomic E-state index is 0.104. The van der Waals surface area contributed by atoms with Crippen LogP contribution in [-0.2, 0) is 4.79 Å². The molecule has 0 heterocycles. The number of nitrogens with zero attached hydrogens (tertiary/aromatic N) is 1. The molecule has 0 aliphatic rings. The monoisotopic (exact) mass is 201 g/mol. The molecule has 0 fully saturated rings. The Morgan fingerprint density at radius 2 is 2.00 bits per heavy atom. The fourth-order valence-corrected chi connectivity index (χ4v) is 1.03. The summed E-state index contributed by atoms with van der Waals surface area (Å²) in [7, 11) is 3.52. The van der Waals surface area contributed by atoms with Crippen LogP contribution in [0.25, 0.3) is 0 Å². The summed E-state index contributed by atoms with van der Waals surface area (Å²) in [6, 6.07) is 0.104. The molecule has 0 radical (unpaired) electrons. The molecule has 4 nitrogen and oxygen atoms in total. The molecule has 0 saturated carbocycles. The van der Waals surface area contributed by atoms with Crippen molar-refractivity contribution in [3.63, 3.8) is 0 Å². The summed E-state index contributed by atoms with van der Waals surface area (Å²) in [6.07, 6.45) is 0.482. The lowest BCUT2D eigenvalue weighted by Crippen LogP contribution is -2.41. The van der Waals surface area contributed by atoms with E-state index in [1.54, 1.807) is 19.0 Å². The van der Waals surface area contributed by atoms with Crippen LogP contribution in [-0.4, -0.2) is 44.0 Å². The van der Waals surface area contributed by atoms with E-state index in [2.05, 4.69) is 19.2 Å². The van der Waals surface area contributed by atoms with Gasteiger partial charge in [-0.25, -0.2) is 0 Å². The molecule has 1 atom stereocenters. The lowest BCUT2D eigenvalue weighted by molar-refractivity contribution is -0.129. The lowest BCUT2D eigenvalue weighted by atomic mass is 10.1. The molecular weight excluding hydrogens is 178 g/mol. The molecule has 84 valence electrons. The van der Waals surface area contributed by atoms with Crippen LogP contribution in [0, 0.1) is 5.92 Å². The van der Waals surface area contributed by atoms with E-state index in [1.807, 2.05) is 0 Å². The number of nitrogens with one attached hydrogen (secondary N) is 1. The molecule has 4 heteroatoms. The minimum Gasteiger partial charge on any atom is -0.349 e. The van der Waals surface area contributed by atoms with Crippen LogP contribution in [0.4, 0.5) is 0 Å². The number of carbonyl (C=O) groups is 1. The van der Waals surface area contributed by atoms with Crippen LogP contribution < -0.4 is 11.1 Å². The Morgan fingerprint density at radius 3 is 2.36 bits per heavy atom. The van der Waals surface area contributed by atoms with Crippen molar-refractivity contribution in [2.45, 2.75) is 26.3 Å². The summed E-state index contributed by atoms with van der Waals surface area (Å²) in [5.74, 6) is 0.704. The second-order valence-electron chi connectivity index (χ2n) is 4.23. The second-order valence-corrected chi connectivity index (χ2v) is 4.23. The van der Waals surface area contributed by atoms with Crippen molar-refractivity contribution in [1.29, 1.82) is 0 Å². The first kappa shape index (κ1) is 13.4. The molecule has 0 bridgehead atoms. The predicted molar refractivity (Wildman–Crippen MR) is 59.0 cm³/mol. The van der Waals surface area contributed by atoms with E-state index in [9.17, 15) is 4.79 Å². The number of rotatable bonds is 6. The highest BCUT2D eigenvalue weighted by Crippen LogP contribution is 1.96. The summed E-state index contributed by atoms with van der Waals surface area (Å²) in [4.78, 5) is 13.0. The van der Waals surface area contributed by atoms with Gasteiger partial charge < -0.3 is 16.0 Å². The molecule has 14 heavy (non-hydrogen) atoms. The van der Waals surface area contributed by atoms with Crippen LogP contribution in [0.3, 0.4) is 0 Å². The quantitative estimate of drug-likeness (QED) is 0.638. The largest absolute Gasteiger partial charge is 0.349 e. The fraction of sp³-hybridized carbons (Fsp3) is 0.900. The Hall–Kier alpha value is -0.610. The Bertz CT molecular complexity index is 169. The Morgan fingerprint density at radius 1 is 1.43 bits per heavy atom. The highest BCUT2D eigenvalue weighted by molar-refractivity contribution is 5.76. The van der Waals surface area contributed by atoms with Crippen molar-refractivity contribution in [3.05, 3.63) is 0 Å². The van der Waals surface area contributed by atoms with Crippen molar-refractivity contribution >= 4 is 5.91 Å². The maximum absolute atomic E-state index is 11.4. The van der Waals surface area contributed by atoms with E-state index < -0.39 is 0 Å². The molecule has 0 aromatic heterocycles. The SMILES string of the molecule is CC(C)CNC(CN)CC(=O)N(C)C. The number of carbonyl (C=O) groups excluding carboxylic acids is 1. The molecular formula is C10H23N3O. The average Bonchev–Trinajstić information content (AvgIpc) is 2.11. The van der Waals surface area contributed by atoms with Gasteiger partial charge in [-0.1, -0.05) is 13.8 Å². The molecule has 0 aliphatic carbocycles. The van der Waals surface area contributed by atoms with Gasteiger partial charge in [-0.05, 0) is 12.5 Å². The van der Waals surface area contributed by atoms with E-state index in [-0.39, 0.29) is 11.9 Å². The van der Waals surface area contributed by atoms with E-state index in [1.165, 1.54) is 0 Å². The number of hydrogen-bond acceptors (Lipinski definition) is 3. The smallest absolute Gasteiger partial charge is 0.223 e. The van der Waals surface area contributed by atoms with Gasteiger partial charge in [0.2, 0.25) is 5.91 Å². The van der Waals surface area contributed by atoms with Gasteiger partial charge in [0.05, 0.1) is 0 Å². The first-order valence-corrected chi connectivity index (χ1v) is 5.11. The van der Waals surface area contributed by atoms with Gasteiger partial charge in [-0.2, -0.15) is 0 Å². The zero-order chi connectivity index (χ0) is 11.1. The maximum Gasteiger partial charge on any atom is 0.223 e. The summed E-state index contributed by atoms with van der Waals surface area (Å²) in [5.41, 5.74) is 5.57. The van der Waals surface area contributed by atoms with Crippen molar-refractivity contribution in [1.82, 2.24) is 10.2 Å². The molecule has 0 aromatic carbocycles. The van der Waals surface area contributed by atoms with E-state index in [0.29, 0.717) is 18.9 Å². The van der Waals surface area contributed by atoms with Gasteiger partial charge in [0.25, 0.3) is 0 Å². The van der Waals surface area contributed by atoms with Gasteiger partial charge in [-0.3, -0.25) is 4.79 Å². The Balaban J connectivity index is 3.84. The highest BCUT2D eigenvalue weighted by Gasteiger charge is 2.13. The standard InChI is InChI=1S/C10H23N3O/c1-8(2)7-12-9(6-11)5-10(14)13(3)4/h8-9,12H,5-7,11H2,1-4H3. The third-order valence-electron chi connectivity index (χ3n) is 2.02. The van der Waals surface area contributed by atoms with E-state index in [4.69, 9.17) is 5.73 Å². The molecule has 3 N–H and O–H groups in total. The van der Waals surface area contributed by atoms with Crippen molar-refractivity contribution in [2.24, 2.45) is 11.7 Å². The second kappa shape index (κ2) is 6.79. The topological polar surface area (TPSA) is 58.4 Å². The van der Waals surface area contributed by atoms with Crippen molar-refractivity contribution in [2.75, 3.05) is 27.2 Å². The third kappa shape index (κ3) is 5.94. The summed E-state index contributed by atoms with van der Waals surface area (Å²) in [6.45, 7) is 5.68. The summed E-state index contributed by atoms with van der Waals surface area (Å²) >= 11 is 0. The Labute approximate surface area is 86.8 Å². The normalized spacial score (nSPS) is 13.0. The van der Waals surface area contributed by atoms with Gasteiger partial charge in [0.15, 0.2) is 0 Å². The molecule has 0 aromatic rings. The Kier molecular flexibility index (Phi) is 6.49. The van der Waals surface area contributed by atoms with E-state index in [0.717, 1.165) is 6.54 Å². The molecule has 1 unspecified atom stereocenters. The molecule has 0 saturated heterocycles. The van der Waals surface area contributed by atoms with Gasteiger partial charge >= 0.3 is 0 Å². The maximum atomic E-state index is 11.4. The summed E-state index contributed by atoms with van der Waals surface area (Å²) < 4.78 is 0. The van der Waals surface area contributed by atoms with Crippen LogP contribution >= 0.6 is 0 Å². The first-order valence-electron chi connectivity index (χ1n) is 5.11. The highest BCUT2D eigenvalue weighted by atomic mass is 16.2. The first-order chi connectivity index (χ1) is 6.47. The fourth-order valence-electron chi connectivity index (χ4n) is 1.03. The molecule has 1 amide bonds. The molecule has 0 rings (SSSR count). The minimum atomic E-state index is 0.104. The van der Waals surface area contributed by atoms with Gasteiger partial charge in [-0.15, -0.1) is 0 Å². The van der Waals surface area contributed by atoms with Crippen molar-refractivity contribution in [3.8, 4) is 0 Å². The predicted octanol–water partition coefficient (Wildman–Crippen LogP) is 0.0376. The van der Waals surface area contributed by atoms with Crippen LogP contribution in [0.1, 0.15) is 20.3 Å². The van der Waals surface area contributed by atoms with Gasteiger partial charge in [0.1, 0.15) is 0 Å². The summed E-state index contributed by atoms with van der Waals surface area (Å²) in [5, 5.41) is 3.28. The molecule has 0 aliphatic heterocycles. The average molecular weight is 201 g/mol. The van der Waals surface area contributed by atoms with Crippen LogP contribution in [0.2, 0.25) is 0 Å². The van der Waals surface area contributed by atoms with Gasteiger partial charge in [0, 0.05) is 33.1 Å². The van der Waals surface area contributed by atoms with Crippen molar-refractivity contribution < 1.29 is 4.79 Å². The zero-order valence-corrected chi connectivity index (χ0v) is 9.71. The number of nitrogens with two attached hydrogens (primary N) is 1. The zero-order valence-electron chi connectivity index (χ0n) is 9.71. The molecule has 0 spiro atoms. The third-order valence-corrected chi connectivity index (χ3v) is 2.02. The van der Waals surface area contributed by atoms with Crippen LogP contribution in [0.15, 0.2) is 0 Å².